The highest BCUT2D eigenvalue weighted by Gasteiger charge is 2.19. The second-order valence-corrected chi connectivity index (χ2v) is 6.63. The summed E-state index contributed by atoms with van der Waals surface area (Å²) in [6.45, 7) is 3.43. The fraction of sp³-hybridized carbons (Fsp3) is 0.0400. The molecule has 0 aromatic heterocycles. The van der Waals surface area contributed by atoms with Crippen LogP contribution in [0, 0.1) is 0 Å². The molecule has 0 amide bonds. The molecule has 0 saturated heterocycles. The molecule has 8 heteroatoms. The Balaban J connectivity index is 2.12. The number of benzene rings is 3. The minimum Gasteiger partial charge on any atom is -0.466 e. The molecule has 3 rings (SSSR count). The van der Waals surface area contributed by atoms with Crippen LogP contribution in [0.1, 0.15) is 5.56 Å². The lowest BCUT2D eigenvalue weighted by Gasteiger charge is -2.17. The van der Waals surface area contributed by atoms with Crippen molar-refractivity contribution in [3.8, 4) is 28.7 Å². The Hall–Kier alpha value is -4.72. The molecule has 0 spiro atoms. The first-order chi connectivity index (χ1) is 15.9. The smallest absolute Gasteiger partial charge is 0.335 e. The van der Waals surface area contributed by atoms with Gasteiger partial charge in [0.2, 0.25) is 0 Å². The average molecular weight is 446 g/mol. The van der Waals surface area contributed by atoms with Gasteiger partial charge in [-0.25, -0.2) is 9.59 Å². The topological polar surface area (TPSA) is 123 Å². The normalized spacial score (nSPS) is 10.5. The van der Waals surface area contributed by atoms with E-state index in [9.17, 15) is 9.59 Å². The first-order valence-corrected chi connectivity index (χ1v) is 9.73. The van der Waals surface area contributed by atoms with Crippen molar-refractivity contribution in [3.63, 3.8) is 0 Å². The summed E-state index contributed by atoms with van der Waals surface area (Å²) in [5.41, 5.74) is 12.9. The van der Waals surface area contributed by atoms with E-state index in [0.717, 1.165) is 6.08 Å². The van der Waals surface area contributed by atoms with Crippen molar-refractivity contribution >= 4 is 29.4 Å². The maximum atomic E-state index is 12.1. The minimum absolute atomic E-state index is 0.0184. The lowest BCUT2D eigenvalue weighted by atomic mass is 10.1. The number of anilines is 2. The number of rotatable bonds is 8. The number of carbonyl (C=O) groups excluding carboxylic acids is 2. The van der Waals surface area contributed by atoms with Gasteiger partial charge in [0.1, 0.15) is 17.2 Å². The van der Waals surface area contributed by atoms with Gasteiger partial charge in [0.25, 0.3) is 0 Å². The Morgan fingerprint density at radius 3 is 1.82 bits per heavy atom. The Morgan fingerprint density at radius 2 is 1.30 bits per heavy atom. The lowest BCUT2D eigenvalue weighted by molar-refractivity contribution is -0.134. The summed E-state index contributed by atoms with van der Waals surface area (Å²) in [5, 5.41) is 0. The number of esters is 2. The molecule has 33 heavy (non-hydrogen) atoms. The molecule has 3 aromatic rings. The summed E-state index contributed by atoms with van der Waals surface area (Å²) in [7, 11) is 1.25. The highest BCUT2D eigenvalue weighted by Crippen LogP contribution is 2.42. The lowest BCUT2D eigenvalue weighted by Crippen LogP contribution is -2.07. The van der Waals surface area contributed by atoms with Crippen molar-refractivity contribution in [1.82, 2.24) is 0 Å². The van der Waals surface area contributed by atoms with E-state index in [-0.39, 0.29) is 22.8 Å². The van der Waals surface area contributed by atoms with Gasteiger partial charge in [-0.2, -0.15) is 0 Å². The molecular formula is C25H22N2O6. The van der Waals surface area contributed by atoms with Gasteiger partial charge in [0.15, 0.2) is 11.5 Å². The van der Waals surface area contributed by atoms with Crippen LogP contribution < -0.4 is 25.7 Å². The molecule has 0 radical (unpaired) electrons. The van der Waals surface area contributed by atoms with Crippen LogP contribution >= 0.6 is 0 Å². The average Bonchev–Trinajstić information content (AvgIpc) is 2.82. The molecule has 0 atom stereocenters. The van der Waals surface area contributed by atoms with Crippen LogP contribution in [-0.2, 0) is 14.3 Å². The van der Waals surface area contributed by atoms with E-state index in [1.54, 1.807) is 60.7 Å². The van der Waals surface area contributed by atoms with Gasteiger partial charge in [-0.1, -0.05) is 6.58 Å². The molecule has 0 saturated carbocycles. The highest BCUT2D eigenvalue weighted by atomic mass is 16.6. The van der Waals surface area contributed by atoms with E-state index in [1.165, 1.54) is 19.3 Å². The van der Waals surface area contributed by atoms with Gasteiger partial charge in [0, 0.05) is 23.5 Å². The maximum Gasteiger partial charge on any atom is 0.335 e. The minimum atomic E-state index is -0.727. The third-order valence-corrected chi connectivity index (χ3v) is 4.29. The zero-order valence-electron chi connectivity index (χ0n) is 17.8. The second kappa shape index (κ2) is 10.5. The number of hydrogen-bond donors (Lipinski definition) is 2. The van der Waals surface area contributed by atoms with Crippen LogP contribution in [-0.4, -0.2) is 19.0 Å². The SMILES string of the molecule is C=CC(=O)Oc1c(Oc2ccc(N)cc2)ccc(Oc2ccc(N)cc2)c1C=CC(=O)OC. The molecule has 0 bridgehead atoms. The van der Waals surface area contributed by atoms with Crippen molar-refractivity contribution in [2.75, 3.05) is 18.6 Å². The van der Waals surface area contributed by atoms with Crippen molar-refractivity contribution in [2.45, 2.75) is 0 Å². The Labute approximate surface area is 190 Å². The van der Waals surface area contributed by atoms with Gasteiger partial charge in [-0.15, -0.1) is 0 Å². The quantitative estimate of drug-likeness (QED) is 0.221. The molecule has 8 nitrogen and oxygen atoms in total. The van der Waals surface area contributed by atoms with E-state index in [2.05, 4.69) is 11.3 Å². The molecule has 0 fully saturated rings. The van der Waals surface area contributed by atoms with Crippen LogP contribution in [0.4, 0.5) is 11.4 Å². The number of ether oxygens (including phenoxy) is 4. The zero-order valence-corrected chi connectivity index (χ0v) is 17.8. The van der Waals surface area contributed by atoms with E-state index in [0.29, 0.717) is 22.9 Å². The second-order valence-electron chi connectivity index (χ2n) is 6.63. The number of carbonyl (C=O) groups is 2. The van der Waals surface area contributed by atoms with E-state index in [4.69, 9.17) is 25.7 Å². The van der Waals surface area contributed by atoms with Crippen LogP contribution in [0.25, 0.3) is 6.08 Å². The van der Waals surface area contributed by atoms with Crippen molar-refractivity contribution in [3.05, 3.63) is 85.0 Å². The molecule has 0 aliphatic heterocycles. The Bertz CT molecular complexity index is 1180. The van der Waals surface area contributed by atoms with Crippen LogP contribution in [0.3, 0.4) is 0 Å². The fourth-order valence-corrected chi connectivity index (χ4v) is 2.68. The van der Waals surface area contributed by atoms with Gasteiger partial charge < -0.3 is 30.4 Å². The monoisotopic (exact) mass is 446 g/mol. The Kier molecular flexibility index (Phi) is 7.33. The molecule has 0 heterocycles. The molecule has 4 N–H and O–H groups in total. The maximum absolute atomic E-state index is 12.1. The number of nitrogens with two attached hydrogens (primary N) is 2. The van der Waals surface area contributed by atoms with Gasteiger partial charge in [-0.3, -0.25) is 0 Å². The largest absolute Gasteiger partial charge is 0.466 e. The number of methoxy groups -OCH3 is 1. The molecular weight excluding hydrogens is 424 g/mol. The Morgan fingerprint density at radius 1 is 0.788 bits per heavy atom. The predicted molar refractivity (Wildman–Crippen MR) is 125 cm³/mol. The summed E-state index contributed by atoms with van der Waals surface area (Å²) in [6, 6.07) is 16.6. The summed E-state index contributed by atoms with van der Waals surface area (Å²) >= 11 is 0. The highest BCUT2D eigenvalue weighted by molar-refractivity contribution is 5.90. The fourth-order valence-electron chi connectivity index (χ4n) is 2.68. The number of hydrogen-bond acceptors (Lipinski definition) is 8. The van der Waals surface area contributed by atoms with Crippen LogP contribution in [0.2, 0.25) is 0 Å². The molecule has 3 aromatic carbocycles. The summed E-state index contributed by atoms with van der Waals surface area (Å²) in [6.07, 6.45) is 3.58. The standard InChI is InChI=1S/C25H22N2O6/c1-3-23(28)33-25-20(12-15-24(29)30-2)21(31-18-8-4-16(26)5-9-18)13-14-22(25)32-19-10-6-17(27)7-11-19/h3-15H,1,26-27H2,2H3. The predicted octanol–water partition coefficient (Wildman–Crippen LogP) is 4.71. The third-order valence-electron chi connectivity index (χ3n) is 4.29. The van der Waals surface area contributed by atoms with E-state index >= 15 is 0 Å². The third kappa shape index (κ3) is 6.14. The molecule has 0 unspecified atom stereocenters. The van der Waals surface area contributed by atoms with E-state index < -0.39 is 11.9 Å². The van der Waals surface area contributed by atoms with Gasteiger partial charge >= 0.3 is 11.9 Å². The molecule has 0 aliphatic carbocycles. The zero-order chi connectivity index (χ0) is 23.8. The van der Waals surface area contributed by atoms with Crippen LogP contribution in [0.15, 0.2) is 79.4 Å². The molecule has 168 valence electrons. The van der Waals surface area contributed by atoms with Gasteiger partial charge in [0.05, 0.1) is 12.7 Å². The first-order valence-electron chi connectivity index (χ1n) is 9.73. The summed E-state index contributed by atoms with van der Waals surface area (Å²) in [4.78, 5) is 23.9. The van der Waals surface area contributed by atoms with E-state index in [1.807, 2.05) is 0 Å². The van der Waals surface area contributed by atoms with Crippen molar-refractivity contribution in [2.24, 2.45) is 0 Å². The van der Waals surface area contributed by atoms with Crippen LogP contribution in [0.5, 0.6) is 28.7 Å². The van der Waals surface area contributed by atoms with Crippen molar-refractivity contribution in [1.29, 1.82) is 0 Å². The summed E-state index contributed by atoms with van der Waals surface area (Å²) < 4.78 is 22.0. The van der Waals surface area contributed by atoms with Crippen molar-refractivity contribution < 1.29 is 28.5 Å². The number of nitrogen functional groups attached to an aromatic ring is 2. The molecule has 0 aliphatic rings. The first kappa shape index (κ1) is 23.0. The van der Waals surface area contributed by atoms with Gasteiger partial charge in [-0.05, 0) is 66.7 Å². The summed E-state index contributed by atoms with van der Waals surface area (Å²) in [5.74, 6) is 0.0968.